The topological polar surface area (TPSA) is 29.3 Å². The van der Waals surface area contributed by atoms with E-state index in [1.165, 1.54) is 42.8 Å². The van der Waals surface area contributed by atoms with E-state index in [1.807, 2.05) is 11.8 Å². The van der Waals surface area contributed by atoms with Crippen molar-refractivity contribution in [1.29, 1.82) is 0 Å². The Kier molecular flexibility index (Phi) is 5.25. The molecule has 0 spiro atoms. The molecule has 21 heavy (non-hydrogen) atoms. The predicted octanol–water partition coefficient (Wildman–Crippen LogP) is 4.06. The van der Waals surface area contributed by atoms with Crippen LogP contribution in [0.1, 0.15) is 50.6 Å². The zero-order valence-corrected chi connectivity index (χ0v) is 13.9. The second-order valence-electron chi connectivity index (χ2n) is 6.37. The van der Waals surface area contributed by atoms with Gasteiger partial charge in [0.05, 0.1) is 0 Å². The lowest BCUT2D eigenvalue weighted by molar-refractivity contribution is 0.0665. The molecule has 1 heterocycles. The lowest BCUT2D eigenvalue weighted by atomic mass is 9.82. The van der Waals surface area contributed by atoms with Gasteiger partial charge in [0.15, 0.2) is 0 Å². The van der Waals surface area contributed by atoms with E-state index in [-0.39, 0.29) is 0 Å². The van der Waals surface area contributed by atoms with Gasteiger partial charge in [-0.2, -0.15) is 0 Å². The van der Waals surface area contributed by atoms with Gasteiger partial charge in [0.25, 0.3) is 0 Å². The monoisotopic (exact) mass is 304 g/mol. The van der Waals surface area contributed by atoms with Crippen LogP contribution in [0, 0.1) is 5.92 Å². The number of hydrogen-bond acceptors (Lipinski definition) is 3. The summed E-state index contributed by atoms with van der Waals surface area (Å²) in [5.74, 6) is 1.94. The molecule has 0 aromatic heterocycles. The molecule has 0 amide bonds. The summed E-state index contributed by atoms with van der Waals surface area (Å²) in [4.78, 5) is 4.27. The van der Waals surface area contributed by atoms with Crippen LogP contribution in [0.3, 0.4) is 0 Å². The molecule has 3 atom stereocenters. The third kappa shape index (κ3) is 3.15. The number of thioether (sulfide) groups is 1. The molecular weight excluding hydrogens is 276 g/mol. The van der Waals surface area contributed by atoms with Gasteiger partial charge in [0.2, 0.25) is 0 Å². The van der Waals surface area contributed by atoms with Gasteiger partial charge in [-0.15, -0.1) is 11.8 Å². The standard InChI is InChI=1S/C18H28N2S/c1-2-20(16-9-5-3-7-14(16)13-19)17-11-12-21-18-10-6-4-8-15(17)18/h4,6,8,10,14,16-17H,2-3,5,7,9,11-13,19H2,1H3. The Morgan fingerprint density at radius 3 is 2.81 bits per heavy atom. The maximum Gasteiger partial charge on any atom is 0.0370 e. The Morgan fingerprint density at radius 1 is 1.19 bits per heavy atom. The highest BCUT2D eigenvalue weighted by Gasteiger charge is 2.34. The Morgan fingerprint density at radius 2 is 2.00 bits per heavy atom. The van der Waals surface area contributed by atoms with Crippen LogP contribution in [0.25, 0.3) is 0 Å². The van der Waals surface area contributed by atoms with Gasteiger partial charge < -0.3 is 5.73 Å². The van der Waals surface area contributed by atoms with E-state index in [1.54, 1.807) is 5.56 Å². The molecule has 2 N–H and O–H groups in total. The Bertz CT molecular complexity index is 462. The summed E-state index contributed by atoms with van der Waals surface area (Å²) in [5, 5.41) is 0. The maximum atomic E-state index is 6.08. The van der Waals surface area contributed by atoms with Crippen LogP contribution in [-0.2, 0) is 0 Å². The fourth-order valence-electron chi connectivity index (χ4n) is 4.25. The zero-order valence-electron chi connectivity index (χ0n) is 13.1. The molecule has 1 aliphatic carbocycles. The van der Waals surface area contributed by atoms with Crippen LogP contribution >= 0.6 is 11.8 Å². The van der Waals surface area contributed by atoms with Gasteiger partial charge >= 0.3 is 0 Å². The maximum absolute atomic E-state index is 6.08. The van der Waals surface area contributed by atoms with E-state index in [4.69, 9.17) is 5.73 Å². The summed E-state index contributed by atoms with van der Waals surface area (Å²) >= 11 is 2.02. The zero-order chi connectivity index (χ0) is 14.7. The van der Waals surface area contributed by atoms with Crippen molar-refractivity contribution in [3.8, 4) is 0 Å². The van der Waals surface area contributed by atoms with Crippen molar-refractivity contribution in [2.24, 2.45) is 11.7 Å². The minimum atomic E-state index is 0.601. The fraction of sp³-hybridized carbons (Fsp3) is 0.667. The van der Waals surface area contributed by atoms with Gasteiger partial charge in [-0.1, -0.05) is 38.0 Å². The predicted molar refractivity (Wildman–Crippen MR) is 91.7 cm³/mol. The van der Waals surface area contributed by atoms with Crippen LogP contribution in [0.15, 0.2) is 29.2 Å². The van der Waals surface area contributed by atoms with E-state index in [2.05, 4.69) is 36.1 Å². The second-order valence-corrected chi connectivity index (χ2v) is 7.51. The van der Waals surface area contributed by atoms with Crippen molar-refractivity contribution in [2.45, 2.75) is 56.0 Å². The molecule has 0 bridgehead atoms. The van der Waals surface area contributed by atoms with Crippen molar-refractivity contribution < 1.29 is 0 Å². The first-order chi connectivity index (χ1) is 10.3. The van der Waals surface area contributed by atoms with Crippen molar-refractivity contribution in [3.05, 3.63) is 29.8 Å². The van der Waals surface area contributed by atoms with Crippen molar-refractivity contribution in [2.75, 3.05) is 18.8 Å². The summed E-state index contributed by atoms with van der Waals surface area (Å²) in [6, 6.07) is 10.3. The van der Waals surface area contributed by atoms with E-state index in [9.17, 15) is 0 Å². The molecule has 1 aromatic rings. The molecule has 0 radical (unpaired) electrons. The summed E-state index contributed by atoms with van der Waals surface area (Å²) < 4.78 is 0. The quantitative estimate of drug-likeness (QED) is 0.909. The summed E-state index contributed by atoms with van der Waals surface area (Å²) in [6.45, 7) is 4.32. The minimum Gasteiger partial charge on any atom is -0.330 e. The fourth-order valence-corrected chi connectivity index (χ4v) is 5.36. The molecule has 3 unspecified atom stereocenters. The summed E-state index contributed by atoms with van der Waals surface area (Å²) in [7, 11) is 0. The Balaban J connectivity index is 1.86. The van der Waals surface area contributed by atoms with Gasteiger partial charge in [-0.05, 0) is 55.7 Å². The summed E-state index contributed by atoms with van der Waals surface area (Å²) in [6.07, 6.45) is 6.68. The highest BCUT2D eigenvalue weighted by atomic mass is 32.2. The number of nitrogens with zero attached hydrogens (tertiary/aromatic N) is 1. The highest BCUT2D eigenvalue weighted by molar-refractivity contribution is 7.99. The van der Waals surface area contributed by atoms with Crippen molar-refractivity contribution in [3.63, 3.8) is 0 Å². The number of benzene rings is 1. The van der Waals surface area contributed by atoms with Crippen LogP contribution in [-0.4, -0.2) is 29.8 Å². The first-order valence-corrected chi connectivity index (χ1v) is 9.51. The first-order valence-electron chi connectivity index (χ1n) is 8.52. The molecule has 1 fully saturated rings. The van der Waals surface area contributed by atoms with Crippen molar-refractivity contribution >= 4 is 11.8 Å². The Hall–Kier alpha value is -0.510. The molecule has 0 saturated heterocycles. The SMILES string of the molecule is CCN(C1CCSc2ccccc21)C1CCCCC1CN. The molecule has 3 heteroatoms. The van der Waals surface area contributed by atoms with Crippen LogP contribution in [0.2, 0.25) is 0 Å². The van der Waals surface area contributed by atoms with Crippen molar-refractivity contribution in [1.82, 2.24) is 4.90 Å². The van der Waals surface area contributed by atoms with E-state index in [0.717, 1.165) is 13.1 Å². The third-order valence-electron chi connectivity index (χ3n) is 5.29. The largest absolute Gasteiger partial charge is 0.330 e. The third-order valence-corrected chi connectivity index (χ3v) is 6.41. The first kappa shape index (κ1) is 15.4. The minimum absolute atomic E-state index is 0.601. The van der Waals surface area contributed by atoms with Crippen LogP contribution < -0.4 is 5.73 Å². The van der Waals surface area contributed by atoms with Gasteiger partial charge in [0.1, 0.15) is 0 Å². The molecule has 1 aliphatic heterocycles. The molecule has 2 nitrogen and oxygen atoms in total. The van der Waals surface area contributed by atoms with E-state index >= 15 is 0 Å². The molecule has 2 aliphatic rings. The average Bonchev–Trinajstić information content (AvgIpc) is 2.56. The van der Waals surface area contributed by atoms with E-state index in [0.29, 0.717) is 18.0 Å². The van der Waals surface area contributed by atoms with Gasteiger partial charge in [-0.25, -0.2) is 0 Å². The van der Waals surface area contributed by atoms with Crippen LogP contribution in [0.4, 0.5) is 0 Å². The van der Waals surface area contributed by atoms with Gasteiger partial charge in [-0.3, -0.25) is 4.90 Å². The lowest BCUT2D eigenvalue weighted by Crippen LogP contribution is -2.47. The van der Waals surface area contributed by atoms with Crippen LogP contribution in [0.5, 0.6) is 0 Å². The molecule has 1 aromatic carbocycles. The molecular formula is C18H28N2S. The molecule has 116 valence electrons. The molecule has 3 rings (SSSR count). The number of nitrogens with two attached hydrogens (primary N) is 1. The normalized spacial score (nSPS) is 29.4. The van der Waals surface area contributed by atoms with Gasteiger partial charge in [0, 0.05) is 17.0 Å². The Labute approximate surface area is 133 Å². The number of hydrogen-bond donors (Lipinski definition) is 1. The number of rotatable bonds is 4. The highest BCUT2D eigenvalue weighted by Crippen LogP contribution is 2.42. The average molecular weight is 305 g/mol. The lowest BCUT2D eigenvalue weighted by Gasteiger charge is -2.45. The summed E-state index contributed by atoms with van der Waals surface area (Å²) in [5.41, 5.74) is 7.63. The smallest absolute Gasteiger partial charge is 0.0370 e. The number of fused-ring (bicyclic) bond motifs is 1. The second kappa shape index (κ2) is 7.17. The van der Waals surface area contributed by atoms with E-state index < -0.39 is 0 Å². The molecule has 1 saturated carbocycles.